The van der Waals surface area contributed by atoms with Crippen LogP contribution in [0.3, 0.4) is 0 Å². The van der Waals surface area contributed by atoms with Gasteiger partial charge in [0.05, 0.1) is 15.1 Å². The largest absolute Gasteiger partial charge is 0.482 e. The van der Waals surface area contributed by atoms with Crippen LogP contribution < -0.4 is 15.4 Å². The molecule has 0 aliphatic rings. The van der Waals surface area contributed by atoms with Crippen LogP contribution in [0.5, 0.6) is 5.75 Å². The van der Waals surface area contributed by atoms with Gasteiger partial charge < -0.3 is 15.4 Å². The summed E-state index contributed by atoms with van der Waals surface area (Å²) < 4.78 is 5.34. The van der Waals surface area contributed by atoms with E-state index in [2.05, 4.69) is 10.6 Å². The molecule has 0 radical (unpaired) electrons. The minimum atomic E-state index is -0.411. The third-order valence-corrected chi connectivity index (χ3v) is 3.99. The van der Waals surface area contributed by atoms with Gasteiger partial charge in [-0.05, 0) is 24.3 Å². The van der Waals surface area contributed by atoms with Gasteiger partial charge in [0.1, 0.15) is 5.75 Å². The van der Waals surface area contributed by atoms with Gasteiger partial charge in [0.15, 0.2) is 6.61 Å². The average Bonchev–Trinajstić information content (AvgIpc) is 2.56. The molecule has 0 aliphatic carbocycles. The summed E-state index contributed by atoms with van der Waals surface area (Å²) in [6.45, 7) is -0.276. The number of halogens is 3. The number of amides is 2. The Morgan fingerprint density at radius 1 is 1.04 bits per heavy atom. The van der Waals surface area contributed by atoms with Crippen LogP contribution in [0.15, 0.2) is 36.4 Å². The molecule has 2 aromatic carbocycles. The highest BCUT2D eigenvalue weighted by Crippen LogP contribution is 2.33. The van der Waals surface area contributed by atoms with Crippen molar-refractivity contribution in [3.63, 3.8) is 0 Å². The molecule has 0 unspecified atom stereocenters. The van der Waals surface area contributed by atoms with Crippen molar-refractivity contribution in [1.82, 2.24) is 5.32 Å². The fourth-order valence-electron chi connectivity index (χ4n) is 1.84. The first-order valence-corrected chi connectivity index (χ1v) is 7.93. The average molecular weight is 388 g/mol. The maximum atomic E-state index is 12.0. The number of ether oxygens (including phenoxy) is 1. The first kappa shape index (κ1) is 18.4. The van der Waals surface area contributed by atoms with Crippen LogP contribution in [-0.4, -0.2) is 25.5 Å². The van der Waals surface area contributed by atoms with Gasteiger partial charge in [0, 0.05) is 24.4 Å². The van der Waals surface area contributed by atoms with Crippen LogP contribution in [0.4, 0.5) is 5.69 Å². The Labute approximate surface area is 153 Å². The van der Waals surface area contributed by atoms with E-state index in [1.54, 1.807) is 24.3 Å². The molecular formula is C16H13Cl3N2O3. The summed E-state index contributed by atoms with van der Waals surface area (Å²) in [6, 6.07) is 9.40. The van der Waals surface area contributed by atoms with E-state index in [-0.39, 0.29) is 28.3 Å². The quantitative estimate of drug-likeness (QED) is 0.761. The number of carbonyl (C=O) groups is 2. The second-order valence-corrected chi connectivity index (χ2v) is 5.92. The van der Waals surface area contributed by atoms with Gasteiger partial charge in [0.2, 0.25) is 0 Å². The molecule has 2 rings (SSSR count). The third-order valence-electron chi connectivity index (χ3n) is 2.97. The predicted octanol–water partition coefficient (Wildman–Crippen LogP) is 4.02. The predicted molar refractivity (Wildman–Crippen MR) is 95.4 cm³/mol. The maximum Gasteiger partial charge on any atom is 0.262 e. The Hall–Kier alpha value is -1.95. The lowest BCUT2D eigenvalue weighted by atomic mass is 10.2. The highest BCUT2D eigenvalue weighted by atomic mass is 35.5. The van der Waals surface area contributed by atoms with E-state index >= 15 is 0 Å². The van der Waals surface area contributed by atoms with Crippen molar-refractivity contribution >= 4 is 52.3 Å². The van der Waals surface area contributed by atoms with E-state index in [1.807, 2.05) is 0 Å². The minimum Gasteiger partial charge on any atom is -0.482 e. The summed E-state index contributed by atoms with van der Waals surface area (Å²) in [4.78, 5) is 23.5. The molecule has 24 heavy (non-hydrogen) atoms. The van der Waals surface area contributed by atoms with Crippen molar-refractivity contribution in [1.29, 1.82) is 0 Å². The summed E-state index contributed by atoms with van der Waals surface area (Å²) in [5.41, 5.74) is 0.911. The van der Waals surface area contributed by atoms with Crippen LogP contribution in [0.25, 0.3) is 0 Å². The summed E-state index contributed by atoms with van der Waals surface area (Å²) in [7, 11) is 1.53. The fourth-order valence-corrected chi connectivity index (χ4v) is 2.43. The maximum absolute atomic E-state index is 12.0. The third kappa shape index (κ3) is 4.77. The molecule has 8 heteroatoms. The SMILES string of the molecule is CNC(=O)c1cccc(NC(=O)COc2cc(Cl)c(Cl)cc2Cl)c1. The van der Waals surface area contributed by atoms with Crippen molar-refractivity contribution in [2.75, 3.05) is 19.0 Å². The topological polar surface area (TPSA) is 67.4 Å². The van der Waals surface area contributed by atoms with Crippen molar-refractivity contribution in [2.24, 2.45) is 0 Å². The number of hydrogen-bond donors (Lipinski definition) is 2. The number of anilines is 1. The summed E-state index contributed by atoms with van der Waals surface area (Å²) in [5, 5.41) is 5.96. The van der Waals surface area contributed by atoms with E-state index in [0.717, 1.165) is 0 Å². The van der Waals surface area contributed by atoms with Crippen LogP contribution >= 0.6 is 34.8 Å². The number of nitrogens with one attached hydrogen (secondary N) is 2. The molecule has 0 bridgehead atoms. The van der Waals surface area contributed by atoms with Gasteiger partial charge in [-0.15, -0.1) is 0 Å². The van der Waals surface area contributed by atoms with Gasteiger partial charge in [-0.3, -0.25) is 9.59 Å². The van der Waals surface area contributed by atoms with E-state index in [4.69, 9.17) is 39.5 Å². The molecule has 0 spiro atoms. The first-order valence-electron chi connectivity index (χ1n) is 6.80. The molecule has 2 amide bonds. The Bertz CT molecular complexity index is 781. The van der Waals surface area contributed by atoms with Gasteiger partial charge in [0.25, 0.3) is 11.8 Å². The van der Waals surface area contributed by atoms with Gasteiger partial charge in [-0.25, -0.2) is 0 Å². The van der Waals surface area contributed by atoms with Gasteiger partial charge in [-0.1, -0.05) is 40.9 Å². The lowest BCUT2D eigenvalue weighted by Gasteiger charge is -2.10. The van der Waals surface area contributed by atoms with Crippen molar-refractivity contribution < 1.29 is 14.3 Å². The molecule has 2 aromatic rings. The Morgan fingerprint density at radius 3 is 2.46 bits per heavy atom. The molecular weight excluding hydrogens is 375 g/mol. The minimum absolute atomic E-state index is 0.245. The normalized spacial score (nSPS) is 10.2. The second kappa shape index (κ2) is 8.24. The highest BCUT2D eigenvalue weighted by Gasteiger charge is 2.10. The van der Waals surface area contributed by atoms with Crippen LogP contribution in [-0.2, 0) is 4.79 Å². The first-order chi connectivity index (χ1) is 11.4. The molecule has 0 aromatic heterocycles. The number of hydrogen-bond acceptors (Lipinski definition) is 3. The zero-order valence-corrected chi connectivity index (χ0v) is 14.8. The monoisotopic (exact) mass is 386 g/mol. The van der Waals surface area contributed by atoms with Gasteiger partial charge >= 0.3 is 0 Å². The van der Waals surface area contributed by atoms with E-state index in [9.17, 15) is 9.59 Å². The summed E-state index contributed by atoms with van der Waals surface area (Å²) in [5.74, 6) is -0.406. The smallest absolute Gasteiger partial charge is 0.262 e. The van der Waals surface area contributed by atoms with E-state index < -0.39 is 5.91 Å². The lowest BCUT2D eigenvalue weighted by Crippen LogP contribution is -2.21. The van der Waals surface area contributed by atoms with Crippen LogP contribution in [0, 0.1) is 0 Å². The van der Waals surface area contributed by atoms with Crippen LogP contribution in [0.1, 0.15) is 10.4 Å². The van der Waals surface area contributed by atoms with Gasteiger partial charge in [-0.2, -0.15) is 0 Å². The summed E-state index contributed by atoms with van der Waals surface area (Å²) >= 11 is 17.7. The zero-order chi connectivity index (χ0) is 17.7. The lowest BCUT2D eigenvalue weighted by molar-refractivity contribution is -0.118. The standard InChI is InChI=1S/C16H13Cl3N2O3/c1-20-16(23)9-3-2-4-10(5-9)21-15(22)8-24-14-7-12(18)11(17)6-13(14)19/h2-7H,8H2,1H3,(H,20,23)(H,21,22). The van der Waals surface area contributed by atoms with Crippen molar-refractivity contribution in [3.05, 3.63) is 57.0 Å². The molecule has 0 fully saturated rings. The van der Waals surface area contributed by atoms with E-state index in [1.165, 1.54) is 19.2 Å². The molecule has 0 aliphatic heterocycles. The molecule has 2 N–H and O–H groups in total. The van der Waals surface area contributed by atoms with Crippen molar-refractivity contribution in [3.8, 4) is 5.75 Å². The fraction of sp³-hybridized carbons (Fsp3) is 0.125. The molecule has 0 atom stereocenters. The molecule has 0 heterocycles. The number of benzene rings is 2. The zero-order valence-electron chi connectivity index (χ0n) is 12.5. The van der Waals surface area contributed by atoms with E-state index in [0.29, 0.717) is 16.3 Å². The number of rotatable bonds is 5. The summed E-state index contributed by atoms with van der Waals surface area (Å²) in [6.07, 6.45) is 0. The second-order valence-electron chi connectivity index (χ2n) is 4.69. The molecule has 126 valence electrons. The Balaban J connectivity index is 1.99. The highest BCUT2D eigenvalue weighted by molar-refractivity contribution is 6.43. The van der Waals surface area contributed by atoms with Crippen LogP contribution in [0.2, 0.25) is 15.1 Å². The van der Waals surface area contributed by atoms with Crippen molar-refractivity contribution in [2.45, 2.75) is 0 Å². The molecule has 0 saturated heterocycles. The Kier molecular flexibility index (Phi) is 6.31. The molecule has 5 nitrogen and oxygen atoms in total. The number of carbonyl (C=O) groups excluding carboxylic acids is 2. The molecule has 0 saturated carbocycles. The Morgan fingerprint density at radius 2 is 1.75 bits per heavy atom.